The molecule has 0 fully saturated rings. The number of aromatic nitrogens is 3. The molecule has 2 heterocycles. The lowest BCUT2D eigenvalue weighted by atomic mass is 10.0. The maximum atomic E-state index is 4.22. The van der Waals surface area contributed by atoms with Crippen molar-refractivity contribution in [3.63, 3.8) is 0 Å². The molecule has 0 bridgehead atoms. The predicted molar refractivity (Wildman–Crippen MR) is 69.7 cm³/mol. The number of thiophene rings is 1. The highest BCUT2D eigenvalue weighted by atomic mass is 32.1. The van der Waals surface area contributed by atoms with Crippen molar-refractivity contribution in [2.24, 2.45) is 13.0 Å². The third-order valence-electron chi connectivity index (χ3n) is 2.80. The summed E-state index contributed by atoms with van der Waals surface area (Å²) in [5.74, 6) is 1.52. The van der Waals surface area contributed by atoms with E-state index < -0.39 is 0 Å². The summed E-state index contributed by atoms with van der Waals surface area (Å²) in [6.07, 6.45) is 1.59. The summed E-state index contributed by atoms with van der Waals surface area (Å²) in [7, 11) is 1.92. The molecule has 2 rings (SSSR count). The summed E-state index contributed by atoms with van der Waals surface area (Å²) in [5, 5.41) is 9.74. The van der Waals surface area contributed by atoms with Crippen molar-refractivity contribution < 1.29 is 0 Å². The first-order valence-electron chi connectivity index (χ1n) is 5.78. The second-order valence-electron chi connectivity index (χ2n) is 4.42. The highest BCUT2D eigenvalue weighted by Gasteiger charge is 2.16. The van der Waals surface area contributed by atoms with Crippen LogP contribution in [0.5, 0.6) is 0 Å². The van der Waals surface area contributed by atoms with E-state index in [1.807, 2.05) is 7.05 Å². The Morgan fingerprint density at radius 3 is 2.82 bits per heavy atom. The van der Waals surface area contributed by atoms with Crippen molar-refractivity contribution in [3.05, 3.63) is 34.5 Å². The molecule has 0 saturated carbocycles. The molecule has 0 aromatic carbocycles. The van der Waals surface area contributed by atoms with E-state index >= 15 is 0 Å². The van der Waals surface area contributed by atoms with Crippen LogP contribution in [-0.4, -0.2) is 14.8 Å². The first kappa shape index (κ1) is 12.3. The molecule has 0 aliphatic heterocycles. The van der Waals surface area contributed by atoms with Crippen molar-refractivity contribution >= 4 is 11.3 Å². The Balaban J connectivity index is 2.02. The third kappa shape index (κ3) is 2.92. The molecule has 0 saturated heterocycles. The maximum absolute atomic E-state index is 4.22. The molecule has 1 unspecified atom stereocenters. The Hall–Kier alpha value is -1.20. The predicted octanol–water partition coefficient (Wildman–Crippen LogP) is 2.36. The topological polar surface area (TPSA) is 42.7 Å². The molecule has 5 heteroatoms. The molecule has 2 aromatic heterocycles. The van der Waals surface area contributed by atoms with Gasteiger partial charge < -0.3 is 5.32 Å². The minimum Gasteiger partial charge on any atom is -0.302 e. The number of hydrogen-bond donors (Lipinski definition) is 1. The molecule has 0 spiro atoms. The Labute approximate surface area is 106 Å². The fourth-order valence-electron chi connectivity index (χ4n) is 1.81. The van der Waals surface area contributed by atoms with Crippen molar-refractivity contribution in [1.29, 1.82) is 0 Å². The smallest absolute Gasteiger partial charge is 0.140 e. The van der Waals surface area contributed by atoms with Gasteiger partial charge in [-0.1, -0.05) is 19.9 Å². The van der Waals surface area contributed by atoms with Crippen molar-refractivity contribution in [1.82, 2.24) is 20.1 Å². The van der Waals surface area contributed by atoms with E-state index in [0.29, 0.717) is 12.0 Å². The van der Waals surface area contributed by atoms with E-state index in [9.17, 15) is 0 Å². The molecule has 2 aromatic rings. The molecular formula is C12H18N4S. The van der Waals surface area contributed by atoms with Crippen LogP contribution in [0.25, 0.3) is 0 Å². The molecule has 0 aliphatic rings. The maximum Gasteiger partial charge on any atom is 0.140 e. The van der Waals surface area contributed by atoms with E-state index in [1.165, 1.54) is 4.88 Å². The van der Waals surface area contributed by atoms with Gasteiger partial charge in [0.15, 0.2) is 0 Å². The molecule has 0 amide bonds. The summed E-state index contributed by atoms with van der Waals surface area (Å²) in [6.45, 7) is 5.21. The van der Waals surface area contributed by atoms with E-state index in [-0.39, 0.29) is 0 Å². The molecule has 1 atom stereocenters. The highest BCUT2D eigenvalue weighted by molar-refractivity contribution is 7.10. The second-order valence-corrected chi connectivity index (χ2v) is 5.40. The van der Waals surface area contributed by atoms with Crippen LogP contribution in [0.1, 0.15) is 30.6 Å². The lowest BCUT2D eigenvalue weighted by Crippen LogP contribution is -2.26. The average Bonchev–Trinajstić information content (AvgIpc) is 2.91. The van der Waals surface area contributed by atoms with Gasteiger partial charge in [0.1, 0.15) is 12.2 Å². The van der Waals surface area contributed by atoms with Gasteiger partial charge in [-0.05, 0) is 17.4 Å². The van der Waals surface area contributed by atoms with Crippen LogP contribution in [-0.2, 0) is 13.6 Å². The zero-order valence-corrected chi connectivity index (χ0v) is 11.2. The largest absolute Gasteiger partial charge is 0.302 e. The lowest BCUT2D eigenvalue weighted by molar-refractivity contribution is 0.407. The average molecular weight is 250 g/mol. The normalized spacial score (nSPS) is 13.2. The quantitative estimate of drug-likeness (QED) is 0.886. The van der Waals surface area contributed by atoms with Crippen molar-refractivity contribution in [3.8, 4) is 0 Å². The Morgan fingerprint density at radius 1 is 1.47 bits per heavy atom. The molecule has 0 aliphatic carbocycles. The standard InChI is InChI=1S/C12H18N4S/c1-9(2)12(10-5-4-6-17-10)13-7-11-14-8-15-16(11)3/h4-6,8-9,12-13H,7H2,1-3H3. The first-order chi connectivity index (χ1) is 8.18. The van der Waals surface area contributed by atoms with E-state index in [2.05, 4.69) is 46.8 Å². The van der Waals surface area contributed by atoms with Crippen LogP contribution in [0.3, 0.4) is 0 Å². The summed E-state index contributed by atoms with van der Waals surface area (Å²) >= 11 is 1.80. The highest BCUT2D eigenvalue weighted by Crippen LogP contribution is 2.25. The fraction of sp³-hybridized carbons (Fsp3) is 0.500. The third-order valence-corrected chi connectivity index (χ3v) is 3.76. The fourth-order valence-corrected chi connectivity index (χ4v) is 2.79. The second kappa shape index (κ2) is 5.42. The molecule has 92 valence electrons. The van der Waals surface area contributed by atoms with E-state index in [0.717, 1.165) is 12.4 Å². The van der Waals surface area contributed by atoms with Gasteiger partial charge in [0.05, 0.1) is 6.54 Å². The molecular weight excluding hydrogens is 232 g/mol. The summed E-state index contributed by atoms with van der Waals surface area (Å²) in [4.78, 5) is 5.60. The zero-order valence-electron chi connectivity index (χ0n) is 10.4. The zero-order chi connectivity index (χ0) is 12.3. The van der Waals surface area contributed by atoms with Crippen LogP contribution in [0.4, 0.5) is 0 Å². The number of rotatable bonds is 5. The number of nitrogens with one attached hydrogen (secondary N) is 1. The van der Waals surface area contributed by atoms with Crippen LogP contribution >= 0.6 is 11.3 Å². The van der Waals surface area contributed by atoms with Gasteiger partial charge in [-0.25, -0.2) is 4.98 Å². The van der Waals surface area contributed by atoms with Gasteiger partial charge in [0.2, 0.25) is 0 Å². The van der Waals surface area contributed by atoms with Gasteiger partial charge in [-0.15, -0.1) is 11.3 Å². The summed E-state index contributed by atoms with van der Waals surface area (Å²) in [6, 6.07) is 4.66. The lowest BCUT2D eigenvalue weighted by Gasteiger charge is -2.20. The minimum atomic E-state index is 0.381. The van der Waals surface area contributed by atoms with Gasteiger partial charge in [-0.3, -0.25) is 4.68 Å². The van der Waals surface area contributed by atoms with Crippen LogP contribution < -0.4 is 5.32 Å². The molecule has 1 N–H and O–H groups in total. The van der Waals surface area contributed by atoms with E-state index in [4.69, 9.17) is 0 Å². The summed E-state index contributed by atoms with van der Waals surface area (Å²) < 4.78 is 1.80. The van der Waals surface area contributed by atoms with Crippen LogP contribution in [0, 0.1) is 5.92 Å². The van der Waals surface area contributed by atoms with Gasteiger partial charge >= 0.3 is 0 Å². The Kier molecular flexibility index (Phi) is 3.91. The molecule has 0 radical (unpaired) electrons. The van der Waals surface area contributed by atoms with Gasteiger partial charge in [0.25, 0.3) is 0 Å². The van der Waals surface area contributed by atoms with Crippen LogP contribution in [0.15, 0.2) is 23.8 Å². The van der Waals surface area contributed by atoms with Gasteiger partial charge in [-0.2, -0.15) is 5.10 Å². The molecule has 4 nitrogen and oxygen atoms in total. The molecule has 17 heavy (non-hydrogen) atoms. The minimum absolute atomic E-state index is 0.381. The number of hydrogen-bond acceptors (Lipinski definition) is 4. The first-order valence-corrected chi connectivity index (χ1v) is 6.66. The Morgan fingerprint density at radius 2 is 2.29 bits per heavy atom. The van der Waals surface area contributed by atoms with Crippen molar-refractivity contribution in [2.75, 3.05) is 0 Å². The number of aryl methyl sites for hydroxylation is 1. The van der Waals surface area contributed by atoms with Crippen molar-refractivity contribution in [2.45, 2.75) is 26.4 Å². The summed E-state index contributed by atoms with van der Waals surface area (Å²) in [5.41, 5.74) is 0. The van der Waals surface area contributed by atoms with Crippen LogP contribution in [0.2, 0.25) is 0 Å². The Bertz CT molecular complexity index is 447. The van der Waals surface area contributed by atoms with Gasteiger partial charge in [0, 0.05) is 18.0 Å². The monoisotopic (exact) mass is 250 g/mol. The number of nitrogens with zero attached hydrogens (tertiary/aromatic N) is 3. The van der Waals surface area contributed by atoms with E-state index in [1.54, 1.807) is 22.3 Å². The SMILES string of the molecule is CC(C)C(NCc1ncnn1C)c1cccs1.